The average molecular weight is 236 g/mol. The van der Waals surface area contributed by atoms with Gasteiger partial charge in [-0.25, -0.2) is 0 Å². The molecule has 0 aliphatic rings. The third kappa shape index (κ3) is 7.88. The van der Waals surface area contributed by atoms with Crippen LogP contribution >= 0.6 is 0 Å². The van der Waals surface area contributed by atoms with Gasteiger partial charge in [-0.2, -0.15) is 0 Å². The monoisotopic (exact) mass is 236 g/mol. The van der Waals surface area contributed by atoms with E-state index in [1.54, 1.807) is 0 Å². The van der Waals surface area contributed by atoms with Crippen molar-refractivity contribution in [2.75, 3.05) is 26.3 Å². The van der Waals surface area contributed by atoms with Crippen molar-refractivity contribution in [3.05, 3.63) is 30.1 Å². The number of hydrogen-bond acceptors (Lipinski definition) is 3. The topological polar surface area (TPSA) is 34.1 Å². The van der Waals surface area contributed by atoms with Gasteiger partial charge in [0.1, 0.15) is 0 Å². The summed E-state index contributed by atoms with van der Waals surface area (Å²) in [6.07, 6.45) is 3.91. The number of pyridine rings is 1. The molecule has 17 heavy (non-hydrogen) atoms. The third-order valence-electron chi connectivity index (χ3n) is 2.38. The zero-order chi connectivity index (χ0) is 12.3. The lowest BCUT2D eigenvalue weighted by molar-refractivity contribution is 0.108. The van der Waals surface area contributed by atoms with Crippen LogP contribution in [0.4, 0.5) is 0 Å². The Morgan fingerprint density at radius 2 is 2.18 bits per heavy atom. The molecule has 1 aromatic rings. The van der Waals surface area contributed by atoms with Crippen molar-refractivity contribution in [2.45, 2.75) is 26.7 Å². The van der Waals surface area contributed by atoms with E-state index in [4.69, 9.17) is 4.74 Å². The molecular formula is C14H24N2O. The van der Waals surface area contributed by atoms with Crippen LogP contribution in [-0.2, 0) is 11.2 Å². The molecule has 0 spiro atoms. The van der Waals surface area contributed by atoms with Crippen LogP contribution in [0.5, 0.6) is 0 Å². The molecule has 0 unspecified atom stereocenters. The number of ether oxygens (including phenoxy) is 1. The smallest absolute Gasteiger partial charge is 0.0489 e. The Hall–Kier alpha value is -0.930. The molecule has 0 bridgehead atoms. The standard InChI is InChI=1S/C14H24N2O/c1-13(2)12-17-11-5-8-15-10-7-14-6-3-4-9-16-14/h3-4,6,9,13,15H,5,7-8,10-12H2,1-2H3. The molecule has 0 saturated heterocycles. The van der Waals surface area contributed by atoms with Gasteiger partial charge < -0.3 is 10.1 Å². The fraction of sp³-hybridized carbons (Fsp3) is 0.643. The van der Waals surface area contributed by atoms with Gasteiger partial charge in [0, 0.05) is 38.1 Å². The molecule has 1 N–H and O–H groups in total. The van der Waals surface area contributed by atoms with Gasteiger partial charge in [-0.05, 0) is 31.0 Å². The molecule has 0 aliphatic heterocycles. The van der Waals surface area contributed by atoms with E-state index >= 15 is 0 Å². The fourth-order valence-electron chi connectivity index (χ4n) is 1.51. The van der Waals surface area contributed by atoms with E-state index in [1.807, 2.05) is 18.3 Å². The second-order valence-corrected chi connectivity index (χ2v) is 4.64. The van der Waals surface area contributed by atoms with Gasteiger partial charge in [0.25, 0.3) is 0 Å². The molecule has 0 amide bonds. The van der Waals surface area contributed by atoms with Gasteiger partial charge in [-0.15, -0.1) is 0 Å². The van der Waals surface area contributed by atoms with Gasteiger partial charge in [-0.1, -0.05) is 19.9 Å². The second kappa shape index (κ2) is 9.14. The first-order valence-electron chi connectivity index (χ1n) is 6.47. The summed E-state index contributed by atoms with van der Waals surface area (Å²) in [5.41, 5.74) is 1.15. The zero-order valence-electron chi connectivity index (χ0n) is 11.0. The Bertz CT molecular complexity index is 275. The maximum absolute atomic E-state index is 5.51. The van der Waals surface area contributed by atoms with Crippen LogP contribution < -0.4 is 5.32 Å². The Kier molecular flexibility index (Phi) is 7.60. The lowest BCUT2D eigenvalue weighted by Gasteiger charge is -2.07. The van der Waals surface area contributed by atoms with Gasteiger partial charge in [0.2, 0.25) is 0 Å². The minimum absolute atomic E-state index is 0.632. The molecule has 0 fully saturated rings. The van der Waals surface area contributed by atoms with Crippen LogP contribution in [0.15, 0.2) is 24.4 Å². The van der Waals surface area contributed by atoms with Crippen molar-refractivity contribution in [1.29, 1.82) is 0 Å². The number of aromatic nitrogens is 1. The Morgan fingerprint density at radius 3 is 2.88 bits per heavy atom. The van der Waals surface area contributed by atoms with Crippen molar-refractivity contribution >= 4 is 0 Å². The summed E-state index contributed by atoms with van der Waals surface area (Å²) in [7, 11) is 0. The van der Waals surface area contributed by atoms with Gasteiger partial charge in [0.15, 0.2) is 0 Å². The lowest BCUT2D eigenvalue weighted by atomic mass is 10.2. The summed E-state index contributed by atoms with van der Waals surface area (Å²) in [6.45, 7) is 8.07. The maximum Gasteiger partial charge on any atom is 0.0489 e. The van der Waals surface area contributed by atoms with Crippen molar-refractivity contribution in [3.8, 4) is 0 Å². The van der Waals surface area contributed by atoms with Crippen molar-refractivity contribution in [2.24, 2.45) is 5.92 Å². The van der Waals surface area contributed by atoms with Crippen LogP contribution in [0.2, 0.25) is 0 Å². The lowest BCUT2D eigenvalue weighted by Crippen LogP contribution is -2.20. The number of nitrogens with one attached hydrogen (secondary N) is 1. The second-order valence-electron chi connectivity index (χ2n) is 4.64. The number of nitrogens with zero attached hydrogens (tertiary/aromatic N) is 1. The summed E-state index contributed by atoms with van der Waals surface area (Å²) in [4.78, 5) is 4.28. The van der Waals surface area contributed by atoms with E-state index in [2.05, 4.69) is 30.2 Å². The molecule has 1 aromatic heterocycles. The van der Waals surface area contributed by atoms with Gasteiger partial charge in [0.05, 0.1) is 0 Å². The van der Waals surface area contributed by atoms with Crippen LogP contribution in [0.1, 0.15) is 26.0 Å². The molecule has 0 radical (unpaired) electrons. The predicted molar refractivity (Wildman–Crippen MR) is 71.1 cm³/mol. The molecule has 0 aromatic carbocycles. The first kappa shape index (κ1) is 14.1. The van der Waals surface area contributed by atoms with Crippen LogP contribution in [0, 0.1) is 5.92 Å². The first-order chi connectivity index (χ1) is 8.29. The van der Waals surface area contributed by atoms with E-state index in [0.717, 1.165) is 44.8 Å². The summed E-state index contributed by atoms with van der Waals surface area (Å²) in [6, 6.07) is 6.04. The molecule has 96 valence electrons. The summed E-state index contributed by atoms with van der Waals surface area (Å²) in [5.74, 6) is 0.632. The molecule has 0 atom stereocenters. The summed E-state index contributed by atoms with van der Waals surface area (Å²) in [5, 5.41) is 3.40. The number of hydrogen-bond donors (Lipinski definition) is 1. The van der Waals surface area contributed by atoms with E-state index in [1.165, 1.54) is 0 Å². The summed E-state index contributed by atoms with van der Waals surface area (Å²) < 4.78 is 5.51. The van der Waals surface area contributed by atoms with E-state index in [0.29, 0.717) is 5.92 Å². The van der Waals surface area contributed by atoms with Crippen LogP contribution in [0.25, 0.3) is 0 Å². The molecule has 0 aliphatic carbocycles. The van der Waals surface area contributed by atoms with Gasteiger partial charge in [-0.3, -0.25) is 4.98 Å². The zero-order valence-corrected chi connectivity index (χ0v) is 11.0. The van der Waals surface area contributed by atoms with Crippen LogP contribution in [-0.4, -0.2) is 31.3 Å². The van der Waals surface area contributed by atoms with E-state index in [9.17, 15) is 0 Å². The maximum atomic E-state index is 5.51. The van der Waals surface area contributed by atoms with E-state index in [-0.39, 0.29) is 0 Å². The highest BCUT2D eigenvalue weighted by atomic mass is 16.5. The molecule has 1 heterocycles. The Labute approximate surface area is 105 Å². The molecule has 1 rings (SSSR count). The molecule has 0 saturated carbocycles. The van der Waals surface area contributed by atoms with E-state index < -0.39 is 0 Å². The van der Waals surface area contributed by atoms with Gasteiger partial charge >= 0.3 is 0 Å². The third-order valence-corrected chi connectivity index (χ3v) is 2.38. The van der Waals surface area contributed by atoms with Crippen molar-refractivity contribution < 1.29 is 4.74 Å². The minimum atomic E-state index is 0.632. The summed E-state index contributed by atoms with van der Waals surface area (Å²) >= 11 is 0. The predicted octanol–water partition coefficient (Wildman–Crippen LogP) is 2.28. The quantitative estimate of drug-likeness (QED) is 0.668. The highest BCUT2D eigenvalue weighted by Gasteiger charge is 1.95. The minimum Gasteiger partial charge on any atom is -0.381 e. The average Bonchev–Trinajstić information content (AvgIpc) is 2.33. The molecule has 3 heteroatoms. The first-order valence-corrected chi connectivity index (χ1v) is 6.47. The highest BCUT2D eigenvalue weighted by molar-refractivity contribution is 5.03. The normalized spacial score (nSPS) is 11.0. The molecule has 3 nitrogen and oxygen atoms in total. The Balaban J connectivity index is 1.88. The highest BCUT2D eigenvalue weighted by Crippen LogP contribution is 1.94. The van der Waals surface area contributed by atoms with Crippen molar-refractivity contribution in [1.82, 2.24) is 10.3 Å². The fourth-order valence-corrected chi connectivity index (χ4v) is 1.51. The van der Waals surface area contributed by atoms with Crippen molar-refractivity contribution in [3.63, 3.8) is 0 Å². The number of rotatable bonds is 9. The SMILES string of the molecule is CC(C)COCCCNCCc1ccccn1. The van der Waals surface area contributed by atoms with Crippen LogP contribution in [0.3, 0.4) is 0 Å². The Morgan fingerprint density at radius 1 is 1.29 bits per heavy atom. The molecular weight excluding hydrogens is 212 g/mol. The largest absolute Gasteiger partial charge is 0.381 e.